The molecule has 0 saturated heterocycles. The Labute approximate surface area is 120 Å². The molecule has 0 radical (unpaired) electrons. The van der Waals surface area contributed by atoms with Gasteiger partial charge in [-0.15, -0.1) is 0 Å². The minimum atomic E-state index is 0.196. The average molecular weight is 269 g/mol. The van der Waals surface area contributed by atoms with Crippen molar-refractivity contribution < 1.29 is 4.79 Å². The van der Waals surface area contributed by atoms with Gasteiger partial charge in [0.15, 0.2) is 0 Å². The van der Waals surface area contributed by atoms with Crippen LogP contribution in [0.2, 0.25) is 0 Å². The predicted octanol–water partition coefficient (Wildman–Crippen LogP) is 4.64. The summed E-state index contributed by atoms with van der Waals surface area (Å²) in [5.41, 5.74) is 0.196. The molecule has 0 bridgehead atoms. The van der Waals surface area contributed by atoms with E-state index in [0.29, 0.717) is 12.3 Å². The summed E-state index contributed by atoms with van der Waals surface area (Å²) in [6.07, 6.45) is 4.09. The first-order chi connectivity index (χ1) is 8.62. The van der Waals surface area contributed by atoms with Crippen molar-refractivity contribution >= 4 is 5.91 Å². The third-order valence-corrected chi connectivity index (χ3v) is 3.49. The number of hydrogen-bond donors (Lipinski definition) is 1. The van der Waals surface area contributed by atoms with Crippen molar-refractivity contribution in [2.75, 3.05) is 6.54 Å². The molecule has 0 rings (SSSR count). The van der Waals surface area contributed by atoms with Crippen LogP contribution in [-0.2, 0) is 4.79 Å². The van der Waals surface area contributed by atoms with E-state index >= 15 is 0 Å². The van der Waals surface area contributed by atoms with E-state index in [1.807, 2.05) is 0 Å². The van der Waals surface area contributed by atoms with Crippen LogP contribution in [0.1, 0.15) is 74.1 Å². The van der Waals surface area contributed by atoms with Crippen LogP contribution >= 0.6 is 0 Å². The Bertz CT molecular complexity index is 256. The van der Waals surface area contributed by atoms with E-state index in [0.717, 1.165) is 24.8 Å². The largest absolute Gasteiger partial charge is 0.356 e. The highest BCUT2D eigenvalue weighted by molar-refractivity contribution is 5.75. The van der Waals surface area contributed by atoms with Crippen molar-refractivity contribution in [2.45, 2.75) is 74.1 Å². The standard InChI is InChI=1S/C17H35NO/c1-13(2)8-9-16(19)18-12-17(6,7)11-15(5)10-14(3)4/h13-15H,8-12H2,1-7H3,(H,18,19). The van der Waals surface area contributed by atoms with Gasteiger partial charge in [-0.3, -0.25) is 4.79 Å². The third-order valence-electron chi connectivity index (χ3n) is 3.49. The van der Waals surface area contributed by atoms with E-state index in [9.17, 15) is 4.79 Å². The van der Waals surface area contributed by atoms with Crippen molar-refractivity contribution in [1.29, 1.82) is 0 Å². The molecule has 0 aromatic carbocycles. The van der Waals surface area contributed by atoms with Gasteiger partial charge in [-0.1, -0.05) is 48.5 Å². The zero-order chi connectivity index (χ0) is 15.1. The lowest BCUT2D eigenvalue weighted by Crippen LogP contribution is -2.35. The van der Waals surface area contributed by atoms with E-state index in [1.54, 1.807) is 0 Å². The predicted molar refractivity (Wildman–Crippen MR) is 84.1 cm³/mol. The van der Waals surface area contributed by atoms with Crippen LogP contribution in [0.5, 0.6) is 0 Å². The summed E-state index contributed by atoms with van der Waals surface area (Å²) in [7, 11) is 0. The lowest BCUT2D eigenvalue weighted by atomic mass is 9.80. The molecule has 0 aliphatic heterocycles. The summed E-state index contributed by atoms with van der Waals surface area (Å²) in [6, 6.07) is 0. The molecule has 0 spiro atoms. The molecule has 1 N–H and O–H groups in total. The van der Waals surface area contributed by atoms with Crippen LogP contribution in [-0.4, -0.2) is 12.5 Å². The van der Waals surface area contributed by atoms with Gasteiger partial charge in [-0.05, 0) is 42.4 Å². The second kappa shape index (κ2) is 8.60. The summed E-state index contributed by atoms with van der Waals surface area (Å²) in [6.45, 7) is 16.5. The molecule has 1 atom stereocenters. The maximum atomic E-state index is 11.7. The quantitative estimate of drug-likeness (QED) is 0.649. The number of carbonyl (C=O) groups excluding carboxylic acids is 1. The molecule has 19 heavy (non-hydrogen) atoms. The fraction of sp³-hybridized carbons (Fsp3) is 0.941. The van der Waals surface area contributed by atoms with Crippen LogP contribution in [0.3, 0.4) is 0 Å². The summed E-state index contributed by atoms with van der Waals surface area (Å²) in [4.78, 5) is 11.7. The number of rotatable bonds is 9. The lowest BCUT2D eigenvalue weighted by molar-refractivity contribution is -0.121. The molecule has 0 aliphatic rings. The molecular formula is C17H35NO. The maximum absolute atomic E-state index is 11.7. The highest BCUT2D eigenvalue weighted by Gasteiger charge is 2.22. The van der Waals surface area contributed by atoms with Gasteiger partial charge in [0.2, 0.25) is 5.91 Å². The Hall–Kier alpha value is -0.530. The topological polar surface area (TPSA) is 29.1 Å². The summed E-state index contributed by atoms with van der Waals surface area (Å²) in [5, 5.41) is 3.10. The number of nitrogens with one attached hydrogen (secondary N) is 1. The first kappa shape index (κ1) is 18.5. The van der Waals surface area contributed by atoms with Crippen LogP contribution in [0.15, 0.2) is 0 Å². The normalized spacial score (nSPS) is 13.9. The highest BCUT2D eigenvalue weighted by atomic mass is 16.1. The molecule has 114 valence electrons. The second-order valence-corrected chi connectivity index (χ2v) is 7.81. The molecule has 0 aromatic rings. The van der Waals surface area contributed by atoms with E-state index in [1.165, 1.54) is 12.8 Å². The van der Waals surface area contributed by atoms with Gasteiger partial charge in [-0.2, -0.15) is 0 Å². The van der Waals surface area contributed by atoms with Gasteiger partial charge in [0.1, 0.15) is 0 Å². The van der Waals surface area contributed by atoms with Crippen molar-refractivity contribution in [1.82, 2.24) is 5.32 Å². The Balaban J connectivity index is 3.98. The Morgan fingerprint density at radius 2 is 1.63 bits per heavy atom. The van der Waals surface area contributed by atoms with E-state index in [4.69, 9.17) is 0 Å². The summed E-state index contributed by atoms with van der Waals surface area (Å²) >= 11 is 0. The number of amides is 1. The second-order valence-electron chi connectivity index (χ2n) is 7.81. The highest BCUT2D eigenvalue weighted by Crippen LogP contribution is 2.28. The lowest BCUT2D eigenvalue weighted by Gasteiger charge is -2.29. The SMILES string of the molecule is CC(C)CCC(=O)NCC(C)(C)CC(C)CC(C)C. The molecule has 1 unspecified atom stereocenters. The average Bonchev–Trinajstić information content (AvgIpc) is 2.21. The molecule has 0 heterocycles. The van der Waals surface area contributed by atoms with Gasteiger partial charge >= 0.3 is 0 Å². The third kappa shape index (κ3) is 11.0. The van der Waals surface area contributed by atoms with Crippen molar-refractivity contribution in [2.24, 2.45) is 23.2 Å². The molecule has 0 saturated carbocycles. The first-order valence-corrected chi connectivity index (χ1v) is 7.89. The zero-order valence-electron chi connectivity index (χ0n) is 14.2. The summed E-state index contributed by atoms with van der Waals surface area (Å²) < 4.78 is 0. The van der Waals surface area contributed by atoms with Gasteiger partial charge in [-0.25, -0.2) is 0 Å². The molecule has 2 heteroatoms. The van der Waals surface area contributed by atoms with Crippen molar-refractivity contribution in [3.05, 3.63) is 0 Å². The molecule has 2 nitrogen and oxygen atoms in total. The van der Waals surface area contributed by atoms with Crippen LogP contribution in [0, 0.1) is 23.2 Å². The smallest absolute Gasteiger partial charge is 0.220 e. The number of carbonyl (C=O) groups is 1. The summed E-state index contributed by atoms with van der Waals surface area (Å²) in [5.74, 6) is 2.29. The Morgan fingerprint density at radius 1 is 1.05 bits per heavy atom. The van der Waals surface area contributed by atoms with Crippen LogP contribution < -0.4 is 5.32 Å². The van der Waals surface area contributed by atoms with Crippen molar-refractivity contribution in [3.63, 3.8) is 0 Å². The van der Waals surface area contributed by atoms with E-state index < -0.39 is 0 Å². The Kier molecular flexibility index (Phi) is 8.36. The molecule has 0 aliphatic carbocycles. The fourth-order valence-corrected chi connectivity index (χ4v) is 2.75. The first-order valence-electron chi connectivity index (χ1n) is 7.89. The minimum Gasteiger partial charge on any atom is -0.356 e. The fourth-order valence-electron chi connectivity index (χ4n) is 2.75. The van der Waals surface area contributed by atoms with E-state index in [-0.39, 0.29) is 11.3 Å². The number of hydrogen-bond acceptors (Lipinski definition) is 1. The van der Waals surface area contributed by atoms with Gasteiger partial charge in [0, 0.05) is 13.0 Å². The molecular weight excluding hydrogens is 234 g/mol. The van der Waals surface area contributed by atoms with Gasteiger partial charge in [0.05, 0.1) is 0 Å². The zero-order valence-corrected chi connectivity index (χ0v) is 14.2. The van der Waals surface area contributed by atoms with Crippen molar-refractivity contribution in [3.8, 4) is 0 Å². The monoisotopic (exact) mass is 269 g/mol. The Morgan fingerprint density at radius 3 is 2.11 bits per heavy atom. The molecule has 0 aromatic heterocycles. The van der Waals surface area contributed by atoms with E-state index in [2.05, 4.69) is 53.8 Å². The van der Waals surface area contributed by atoms with Crippen LogP contribution in [0.4, 0.5) is 0 Å². The van der Waals surface area contributed by atoms with Gasteiger partial charge in [0.25, 0.3) is 0 Å². The van der Waals surface area contributed by atoms with Crippen LogP contribution in [0.25, 0.3) is 0 Å². The minimum absolute atomic E-state index is 0.196. The maximum Gasteiger partial charge on any atom is 0.220 e. The molecule has 0 fully saturated rings. The molecule has 1 amide bonds. The van der Waals surface area contributed by atoms with Gasteiger partial charge < -0.3 is 5.32 Å².